The van der Waals surface area contributed by atoms with Gasteiger partial charge in [-0.15, -0.1) is 16.4 Å². The van der Waals surface area contributed by atoms with Crippen LogP contribution in [0.4, 0.5) is 15.9 Å². The summed E-state index contributed by atoms with van der Waals surface area (Å²) in [6.07, 6.45) is 1.66. The predicted octanol–water partition coefficient (Wildman–Crippen LogP) is 2.26. The van der Waals surface area contributed by atoms with Crippen molar-refractivity contribution in [3.05, 3.63) is 51.7 Å². The molecule has 0 unspecified atom stereocenters. The number of nitrogens with zero attached hydrogens (tertiary/aromatic N) is 5. The van der Waals surface area contributed by atoms with Crippen LogP contribution in [0.2, 0.25) is 0 Å². The Bertz CT molecular complexity index is 1000. The number of carbonyl (C=O) groups is 2. The molecule has 0 bridgehead atoms. The summed E-state index contributed by atoms with van der Waals surface area (Å²) in [5.74, 6) is -0.0133. The number of amides is 3. The fourth-order valence-electron chi connectivity index (χ4n) is 2.69. The van der Waals surface area contributed by atoms with Crippen molar-refractivity contribution >= 4 is 50.3 Å². The highest BCUT2D eigenvalue weighted by Crippen LogP contribution is 2.22. The lowest BCUT2D eigenvalue weighted by molar-refractivity contribution is -0.115. The van der Waals surface area contributed by atoms with E-state index in [1.165, 1.54) is 11.3 Å². The van der Waals surface area contributed by atoms with Crippen LogP contribution >= 0.6 is 27.3 Å². The van der Waals surface area contributed by atoms with Crippen molar-refractivity contribution in [1.82, 2.24) is 25.1 Å². The number of nitrogens with one attached hydrogen (secondary N) is 2. The Morgan fingerprint density at radius 1 is 1.32 bits per heavy atom. The highest BCUT2D eigenvalue weighted by molar-refractivity contribution is 9.10. The van der Waals surface area contributed by atoms with Gasteiger partial charge in [0.05, 0.1) is 18.7 Å². The molecule has 1 fully saturated rings. The number of thiazole rings is 1. The van der Waals surface area contributed by atoms with Crippen molar-refractivity contribution in [2.75, 3.05) is 23.3 Å². The van der Waals surface area contributed by atoms with Crippen molar-refractivity contribution in [1.29, 1.82) is 0 Å². The maximum absolute atomic E-state index is 12.2. The maximum Gasteiger partial charge on any atom is 0.323 e. The number of carbonyl (C=O) groups excluding carboxylic acids is 2. The van der Waals surface area contributed by atoms with Gasteiger partial charge < -0.3 is 5.32 Å². The lowest BCUT2D eigenvalue weighted by Crippen LogP contribution is -2.27. The van der Waals surface area contributed by atoms with E-state index in [9.17, 15) is 9.59 Å². The Morgan fingerprint density at radius 2 is 2.14 bits per heavy atom. The summed E-state index contributed by atoms with van der Waals surface area (Å²) < 4.78 is 2.67. The fraction of sp³-hybridized carbons (Fsp3) is 0.235. The molecule has 2 N–H and O–H groups in total. The first-order valence-corrected chi connectivity index (χ1v) is 10.2. The number of benzene rings is 1. The summed E-state index contributed by atoms with van der Waals surface area (Å²) in [5, 5.41) is 12.0. The monoisotopic (exact) mass is 461 g/mol. The molecule has 11 heteroatoms. The van der Waals surface area contributed by atoms with Crippen LogP contribution in [0, 0.1) is 0 Å². The first-order chi connectivity index (χ1) is 13.6. The van der Waals surface area contributed by atoms with Crippen LogP contribution < -0.4 is 15.5 Å². The first-order valence-electron chi connectivity index (χ1n) is 8.50. The van der Waals surface area contributed by atoms with E-state index in [0.29, 0.717) is 30.5 Å². The molecule has 0 aliphatic carbocycles. The van der Waals surface area contributed by atoms with Crippen molar-refractivity contribution < 1.29 is 9.59 Å². The van der Waals surface area contributed by atoms with Crippen LogP contribution in [-0.4, -0.2) is 44.8 Å². The largest absolute Gasteiger partial charge is 0.336 e. The number of halogens is 1. The molecule has 144 valence electrons. The predicted molar refractivity (Wildman–Crippen MR) is 108 cm³/mol. The quantitative estimate of drug-likeness (QED) is 0.585. The standard InChI is InChI=1S/C17H16BrN7O2S/c18-12-3-1-11(2-4-12)8-24-10-20-15(23-24)22-14(26)7-13-9-28-17(21-13)25-6-5-19-16(25)27/h1-4,9-10H,5-8H2,(H,19,27)(H,22,23,26). The zero-order valence-corrected chi connectivity index (χ0v) is 17.0. The Morgan fingerprint density at radius 3 is 2.89 bits per heavy atom. The van der Waals surface area contributed by atoms with Crippen molar-refractivity contribution in [2.24, 2.45) is 0 Å². The van der Waals surface area contributed by atoms with Gasteiger partial charge in [0.15, 0.2) is 5.13 Å². The van der Waals surface area contributed by atoms with Crippen molar-refractivity contribution in [3.8, 4) is 0 Å². The summed E-state index contributed by atoms with van der Waals surface area (Å²) in [5.41, 5.74) is 1.68. The average Bonchev–Trinajstić information content (AvgIpc) is 3.39. The van der Waals surface area contributed by atoms with Gasteiger partial charge >= 0.3 is 6.03 Å². The maximum atomic E-state index is 12.2. The van der Waals surface area contributed by atoms with E-state index in [4.69, 9.17) is 0 Å². The van der Waals surface area contributed by atoms with Crippen LogP contribution in [0.15, 0.2) is 40.4 Å². The summed E-state index contributed by atoms with van der Waals surface area (Å²) in [6, 6.07) is 7.74. The van der Waals surface area contributed by atoms with Gasteiger partial charge in [-0.05, 0) is 17.7 Å². The van der Waals surface area contributed by atoms with Crippen LogP contribution in [0.5, 0.6) is 0 Å². The van der Waals surface area contributed by atoms with Gasteiger partial charge in [-0.1, -0.05) is 28.1 Å². The van der Waals surface area contributed by atoms with E-state index in [-0.39, 0.29) is 24.3 Å². The second-order valence-corrected chi connectivity index (χ2v) is 7.87. The molecule has 4 rings (SSSR count). The van der Waals surface area contributed by atoms with Crippen LogP contribution in [-0.2, 0) is 17.8 Å². The third-order valence-electron chi connectivity index (χ3n) is 4.01. The SMILES string of the molecule is O=C(Cc1csc(N2CCNC2=O)n1)Nc1ncn(Cc2ccc(Br)cc2)n1. The van der Waals surface area contributed by atoms with E-state index >= 15 is 0 Å². The highest BCUT2D eigenvalue weighted by atomic mass is 79.9. The molecule has 0 radical (unpaired) electrons. The summed E-state index contributed by atoms with van der Waals surface area (Å²) in [6.45, 7) is 1.74. The second-order valence-electron chi connectivity index (χ2n) is 6.12. The van der Waals surface area contributed by atoms with Gasteiger partial charge in [-0.25, -0.2) is 19.4 Å². The Hall–Kier alpha value is -2.79. The third-order valence-corrected chi connectivity index (χ3v) is 5.46. The number of urea groups is 1. The molecule has 1 aliphatic rings. The molecule has 9 nitrogen and oxygen atoms in total. The Balaban J connectivity index is 1.33. The molecular formula is C17H16BrN7O2S. The number of aromatic nitrogens is 4. The van der Waals surface area contributed by atoms with Gasteiger partial charge in [0.2, 0.25) is 11.9 Å². The Labute approximate surface area is 172 Å². The molecule has 1 aliphatic heterocycles. The smallest absolute Gasteiger partial charge is 0.323 e. The zero-order chi connectivity index (χ0) is 19.5. The van der Waals surface area contributed by atoms with Gasteiger partial charge in [-0.3, -0.25) is 15.0 Å². The van der Waals surface area contributed by atoms with Gasteiger partial charge in [-0.2, -0.15) is 0 Å². The summed E-state index contributed by atoms with van der Waals surface area (Å²) in [7, 11) is 0. The minimum Gasteiger partial charge on any atom is -0.336 e. The molecule has 3 heterocycles. The Kier molecular flexibility index (Phi) is 5.35. The van der Waals surface area contributed by atoms with Gasteiger partial charge in [0.25, 0.3) is 0 Å². The fourth-order valence-corrected chi connectivity index (χ4v) is 3.81. The first kappa shape index (κ1) is 18.6. The molecule has 2 aromatic heterocycles. The summed E-state index contributed by atoms with van der Waals surface area (Å²) >= 11 is 4.74. The average molecular weight is 462 g/mol. The van der Waals surface area contributed by atoms with Crippen LogP contribution in [0.3, 0.4) is 0 Å². The lowest BCUT2D eigenvalue weighted by Gasteiger charge is -2.08. The molecule has 3 aromatic rings. The van der Waals surface area contributed by atoms with Crippen molar-refractivity contribution in [2.45, 2.75) is 13.0 Å². The molecule has 0 spiro atoms. The second kappa shape index (κ2) is 8.07. The highest BCUT2D eigenvalue weighted by Gasteiger charge is 2.24. The van der Waals surface area contributed by atoms with E-state index in [0.717, 1.165) is 10.0 Å². The van der Waals surface area contributed by atoms with E-state index in [2.05, 4.69) is 41.6 Å². The third kappa shape index (κ3) is 4.37. The molecule has 3 amide bonds. The van der Waals surface area contributed by atoms with Gasteiger partial charge in [0.1, 0.15) is 6.33 Å². The van der Waals surface area contributed by atoms with Crippen molar-refractivity contribution in [3.63, 3.8) is 0 Å². The number of hydrogen-bond acceptors (Lipinski definition) is 6. The van der Waals surface area contributed by atoms with Crippen LogP contribution in [0.1, 0.15) is 11.3 Å². The number of rotatable bonds is 6. The molecule has 0 atom stereocenters. The summed E-state index contributed by atoms with van der Waals surface area (Å²) in [4.78, 5) is 34.0. The van der Waals surface area contributed by atoms with Crippen LogP contribution in [0.25, 0.3) is 0 Å². The zero-order valence-electron chi connectivity index (χ0n) is 14.6. The minimum absolute atomic E-state index is 0.0905. The van der Waals surface area contributed by atoms with E-state index < -0.39 is 0 Å². The van der Waals surface area contributed by atoms with E-state index in [1.54, 1.807) is 21.3 Å². The van der Waals surface area contributed by atoms with E-state index in [1.807, 2.05) is 24.3 Å². The molecule has 28 heavy (non-hydrogen) atoms. The number of hydrogen-bond donors (Lipinski definition) is 2. The lowest BCUT2D eigenvalue weighted by atomic mass is 10.2. The normalized spacial score (nSPS) is 13.6. The number of anilines is 2. The minimum atomic E-state index is -0.260. The topological polar surface area (TPSA) is 105 Å². The molecule has 0 saturated carbocycles. The van der Waals surface area contributed by atoms with Gasteiger partial charge in [0, 0.05) is 22.9 Å². The molecule has 1 aromatic carbocycles. The molecular weight excluding hydrogens is 446 g/mol. The molecule has 1 saturated heterocycles.